The zero-order valence-corrected chi connectivity index (χ0v) is 20.6. The summed E-state index contributed by atoms with van der Waals surface area (Å²) in [6, 6.07) is 14.5. The highest BCUT2D eigenvalue weighted by molar-refractivity contribution is 6.33. The van der Waals surface area contributed by atoms with Gasteiger partial charge in [0.05, 0.1) is 16.6 Å². The lowest BCUT2D eigenvalue weighted by molar-refractivity contribution is -0.122. The number of hydrogen-bond acceptors (Lipinski definition) is 3. The topological polar surface area (TPSA) is 52.7 Å². The van der Waals surface area contributed by atoms with Crippen molar-refractivity contribution in [2.24, 2.45) is 17.8 Å². The van der Waals surface area contributed by atoms with Crippen molar-refractivity contribution in [3.63, 3.8) is 0 Å². The predicted molar refractivity (Wildman–Crippen MR) is 132 cm³/mol. The Kier molecular flexibility index (Phi) is 7.89. The molecule has 5 nitrogen and oxygen atoms in total. The monoisotopic (exact) mass is 485 g/mol. The molecule has 0 radical (unpaired) electrons. The van der Waals surface area contributed by atoms with Gasteiger partial charge in [-0.2, -0.15) is 0 Å². The van der Waals surface area contributed by atoms with Crippen molar-refractivity contribution in [3.8, 4) is 0 Å². The van der Waals surface area contributed by atoms with Crippen LogP contribution in [0, 0.1) is 23.6 Å². The van der Waals surface area contributed by atoms with Gasteiger partial charge in [-0.15, -0.1) is 0 Å². The Morgan fingerprint density at radius 2 is 1.71 bits per heavy atom. The smallest absolute Gasteiger partial charge is 0.258 e. The number of nitrogens with one attached hydrogen (secondary N) is 1. The van der Waals surface area contributed by atoms with Crippen LogP contribution in [-0.2, 0) is 4.79 Å². The van der Waals surface area contributed by atoms with Gasteiger partial charge < -0.3 is 15.1 Å². The minimum absolute atomic E-state index is 0.0193. The number of rotatable bonds is 8. The third-order valence-corrected chi connectivity index (χ3v) is 7.21. The standard InChI is InChI=1S/C27H33ClFN3O2/c1-18(2)13-25(33)30-24(19-7-4-3-5-8-19)11-12-31-14-20-16-32(17-21(20)15-31)27(34)26-22(28)9-6-10-23(26)29/h3-10,18,20-21,24H,11-17H2,1-2H3,(H,30,33)/t20-,21?,24?/m0/s1. The third-order valence-electron chi connectivity index (χ3n) is 6.89. The highest BCUT2D eigenvalue weighted by Crippen LogP contribution is 2.33. The summed E-state index contributed by atoms with van der Waals surface area (Å²) >= 11 is 6.11. The first kappa shape index (κ1) is 24.7. The second-order valence-electron chi connectivity index (χ2n) is 10.0. The molecular formula is C27H33ClFN3O2. The number of fused-ring (bicyclic) bond motifs is 1. The first-order valence-corrected chi connectivity index (χ1v) is 12.5. The molecule has 34 heavy (non-hydrogen) atoms. The van der Waals surface area contributed by atoms with E-state index in [1.165, 1.54) is 12.1 Å². The minimum Gasteiger partial charge on any atom is -0.349 e. The van der Waals surface area contributed by atoms with Gasteiger partial charge in [-0.25, -0.2) is 4.39 Å². The van der Waals surface area contributed by atoms with Crippen LogP contribution in [0.3, 0.4) is 0 Å². The summed E-state index contributed by atoms with van der Waals surface area (Å²) in [7, 11) is 0. The Morgan fingerprint density at radius 1 is 1.03 bits per heavy atom. The molecule has 2 fully saturated rings. The lowest BCUT2D eigenvalue weighted by Gasteiger charge is -2.25. The van der Waals surface area contributed by atoms with Gasteiger partial charge in [-0.1, -0.05) is 61.8 Å². The van der Waals surface area contributed by atoms with Crippen LogP contribution in [0.4, 0.5) is 4.39 Å². The van der Waals surface area contributed by atoms with E-state index in [1.54, 1.807) is 11.0 Å². The van der Waals surface area contributed by atoms with Crippen LogP contribution in [0.15, 0.2) is 48.5 Å². The maximum absolute atomic E-state index is 14.2. The molecule has 2 aliphatic heterocycles. The van der Waals surface area contributed by atoms with Crippen LogP contribution in [0.5, 0.6) is 0 Å². The van der Waals surface area contributed by atoms with Crippen LogP contribution < -0.4 is 5.32 Å². The molecule has 2 saturated heterocycles. The van der Waals surface area contributed by atoms with Gasteiger partial charge in [0, 0.05) is 39.1 Å². The van der Waals surface area contributed by atoms with Gasteiger partial charge in [0.15, 0.2) is 0 Å². The second-order valence-corrected chi connectivity index (χ2v) is 10.4. The Bertz CT molecular complexity index is 982. The number of nitrogens with zero attached hydrogens (tertiary/aromatic N) is 2. The van der Waals surface area contributed by atoms with E-state index < -0.39 is 5.82 Å². The Morgan fingerprint density at radius 3 is 2.32 bits per heavy atom. The van der Waals surface area contributed by atoms with Crippen molar-refractivity contribution in [2.75, 3.05) is 32.7 Å². The molecule has 4 rings (SSSR count). The van der Waals surface area contributed by atoms with Crippen molar-refractivity contribution < 1.29 is 14.0 Å². The van der Waals surface area contributed by atoms with Crippen LogP contribution in [0.1, 0.15) is 48.7 Å². The zero-order valence-electron chi connectivity index (χ0n) is 19.8. The highest BCUT2D eigenvalue weighted by Gasteiger charge is 2.42. The summed E-state index contributed by atoms with van der Waals surface area (Å²) in [5.74, 6) is 0.270. The number of carbonyl (C=O) groups excluding carboxylic acids is 2. The van der Waals surface area contributed by atoms with Crippen LogP contribution in [0.25, 0.3) is 0 Å². The maximum Gasteiger partial charge on any atom is 0.258 e. The van der Waals surface area contributed by atoms with E-state index in [0.29, 0.717) is 37.3 Å². The third kappa shape index (κ3) is 5.78. The molecule has 3 atom stereocenters. The predicted octanol–water partition coefficient (Wildman–Crippen LogP) is 4.78. The zero-order chi connectivity index (χ0) is 24.2. The summed E-state index contributed by atoms with van der Waals surface area (Å²) in [5.41, 5.74) is 1.10. The lowest BCUT2D eigenvalue weighted by Crippen LogP contribution is -2.35. The fourth-order valence-electron chi connectivity index (χ4n) is 5.24. The van der Waals surface area contributed by atoms with E-state index >= 15 is 0 Å². The van der Waals surface area contributed by atoms with Crippen molar-refractivity contribution in [1.29, 1.82) is 0 Å². The highest BCUT2D eigenvalue weighted by atomic mass is 35.5. The van der Waals surface area contributed by atoms with Gasteiger partial charge in [0.1, 0.15) is 5.82 Å². The first-order valence-electron chi connectivity index (χ1n) is 12.1. The van der Waals surface area contributed by atoms with Gasteiger partial charge >= 0.3 is 0 Å². The molecule has 2 aromatic rings. The molecule has 2 heterocycles. The molecule has 0 spiro atoms. The normalized spacial score (nSPS) is 21.0. The van der Waals surface area contributed by atoms with Gasteiger partial charge in [0.25, 0.3) is 5.91 Å². The molecular weight excluding hydrogens is 453 g/mol. The van der Waals surface area contributed by atoms with Crippen molar-refractivity contribution in [3.05, 3.63) is 70.5 Å². The number of carbonyl (C=O) groups is 2. The Balaban J connectivity index is 1.33. The van der Waals surface area contributed by atoms with Gasteiger partial charge in [-0.3, -0.25) is 9.59 Å². The SMILES string of the molecule is CC(C)CC(=O)NC(CCN1CC2CN(C(=O)c3c(F)cccc3Cl)C[C@@H]2C1)c1ccccc1. The largest absolute Gasteiger partial charge is 0.349 e. The van der Waals surface area contributed by atoms with E-state index in [0.717, 1.165) is 31.6 Å². The van der Waals surface area contributed by atoms with E-state index in [-0.39, 0.29) is 28.4 Å². The fourth-order valence-corrected chi connectivity index (χ4v) is 5.49. The summed E-state index contributed by atoms with van der Waals surface area (Å²) in [6.45, 7) is 8.03. The van der Waals surface area contributed by atoms with E-state index in [1.807, 2.05) is 32.0 Å². The molecule has 2 unspecified atom stereocenters. The summed E-state index contributed by atoms with van der Waals surface area (Å²) in [6.07, 6.45) is 1.36. The molecule has 0 saturated carbocycles. The molecule has 0 aliphatic carbocycles. The average molecular weight is 486 g/mol. The molecule has 7 heteroatoms. The number of halogens is 2. The van der Waals surface area contributed by atoms with Gasteiger partial charge in [0.2, 0.25) is 5.91 Å². The van der Waals surface area contributed by atoms with E-state index in [4.69, 9.17) is 11.6 Å². The number of hydrogen-bond donors (Lipinski definition) is 1. The summed E-state index contributed by atoms with van der Waals surface area (Å²) < 4.78 is 14.2. The van der Waals surface area contributed by atoms with E-state index in [9.17, 15) is 14.0 Å². The molecule has 0 bridgehead atoms. The average Bonchev–Trinajstić information content (AvgIpc) is 3.35. The molecule has 182 valence electrons. The molecule has 2 aliphatic rings. The maximum atomic E-state index is 14.2. The van der Waals surface area contributed by atoms with Crippen molar-refractivity contribution >= 4 is 23.4 Å². The number of benzene rings is 2. The lowest BCUT2D eigenvalue weighted by atomic mass is 10.0. The van der Waals surface area contributed by atoms with Gasteiger partial charge in [-0.05, 0) is 41.9 Å². The van der Waals surface area contributed by atoms with Crippen molar-refractivity contribution in [1.82, 2.24) is 15.1 Å². The van der Waals surface area contributed by atoms with Crippen LogP contribution in [-0.4, -0.2) is 54.3 Å². The Labute approximate surface area is 206 Å². The fraction of sp³-hybridized carbons (Fsp3) is 0.481. The molecule has 1 N–H and O–H groups in total. The minimum atomic E-state index is -0.567. The first-order chi connectivity index (χ1) is 16.3. The Hall–Kier alpha value is -2.44. The van der Waals surface area contributed by atoms with Crippen LogP contribution >= 0.6 is 11.6 Å². The van der Waals surface area contributed by atoms with Crippen LogP contribution in [0.2, 0.25) is 5.02 Å². The molecule has 2 amide bonds. The number of amides is 2. The molecule has 2 aromatic carbocycles. The summed E-state index contributed by atoms with van der Waals surface area (Å²) in [4.78, 5) is 29.5. The quantitative estimate of drug-likeness (QED) is 0.585. The second kappa shape index (κ2) is 10.9. The van der Waals surface area contributed by atoms with E-state index in [2.05, 4.69) is 22.3 Å². The number of likely N-dealkylation sites (tertiary alicyclic amines) is 2. The summed E-state index contributed by atoms with van der Waals surface area (Å²) in [5, 5.41) is 3.39. The van der Waals surface area contributed by atoms with Crippen molar-refractivity contribution in [2.45, 2.75) is 32.7 Å². The molecule has 0 aromatic heterocycles.